The van der Waals surface area contributed by atoms with E-state index in [1.165, 1.54) is 12.2 Å². The topological polar surface area (TPSA) is 58.9 Å². The predicted molar refractivity (Wildman–Crippen MR) is 61.2 cm³/mol. The minimum absolute atomic E-state index is 0.165. The maximum absolute atomic E-state index is 10.0. The third kappa shape index (κ3) is 3.76. The Morgan fingerprint density at radius 2 is 1.88 bits per heavy atom. The van der Waals surface area contributed by atoms with Crippen molar-refractivity contribution in [2.24, 2.45) is 9.98 Å². The van der Waals surface area contributed by atoms with Crippen LogP contribution < -0.4 is 0 Å². The van der Waals surface area contributed by atoms with Crippen LogP contribution in [0.5, 0.6) is 0 Å². The average Bonchev–Trinajstić information content (AvgIpc) is 2.24. The first-order chi connectivity index (χ1) is 7.59. The van der Waals surface area contributed by atoms with E-state index in [1.807, 2.05) is 0 Å². The zero-order valence-electron chi connectivity index (χ0n) is 8.24. The van der Waals surface area contributed by atoms with Gasteiger partial charge in [0.15, 0.2) is 0 Å². The highest BCUT2D eigenvalue weighted by Crippen LogP contribution is 2.36. The molecule has 0 aromatic carbocycles. The van der Waals surface area contributed by atoms with Gasteiger partial charge in [0.25, 0.3) is 0 Å². The van der Waals surface area contributed by atoms with E-state index in [9.17, 15) is 9.59 Å². The number of aliphatic imine (C=N–C) groups is 2. The van der Waals surface area contributed by atoms with Crippen LogP contribution >= 0.6 is 23.2 Å². The van der Waals surface area contributed by atoms with Gasteiger partial charge in [-0.2, -0.15) is 0 Å². The number of rotatable bonds is 4. The van der Waals surface area contributed by atoms with Crippen LogP contribution in [0, 0.1) is 0 Å². The van der Waals surface area contributed by atoms with Gasteiger partial charge in [-0.1, -0.05) is 29.3 Å². The van der Waals surface area contributed by atoms with Crippen LogP contribution in [0.1, 0.15) is 6.42 Å². The highest BCUT2D eigenvalue weighted by Gasteiger charge is 2.26. The van der Waals surface area contributed by atoms with Gasteiger partial charge in [-0.05, 0) is 17.2 Å². The number of carbonyl (C=O) groups excluding carboxylic acids is 2. The van der Waals surface area contributed by atoms with E-state index >= 15 is 0 Å². The lowest BCUT2D eigenvalue weighted by Crippen LogP contribution is -2.17. The van der Waals surface area contributed by atoms with Crippen LogP contribution in [-0.2, 0) is 9.59 Å². The van der Waals surface area contributed by atoms with Crippen molar-refractivity contribution >= 4 is 35.4 Å². The molecule has 0 radical (unpaired) electrons. The Balaban J connectivity index is 2.94. The quantitative estimate of drug-likeness (QED) is 0.441. The van der Waals surface area contributed by atoms with Crippen molar-refractivity contribution in [1.82, 2.24) is 0 Å². The lowest BCUT2D eigenvalue weighted by Gasteiger charge is -2.22. The lowest BCUT2D eigenvalue weighted by atomic mass is 9.97. The van der Waals surface area contributed by atoms with Gasteiger partial charge in [-0.3, -0.25) is 0 Å². The zero-order chi connectivity index (χ0) is 12.0. The molecular weight excluding hydrogens is 251 g/mol. The fourth-order valence-electron chi connectivity index (χ4n) is 1.36. The number of halogens is 2. The van der Waals surface area contributed by atoms with Crippen LogP contribution in [0.15, 0.2) is 33.3 Å². The van der Waals surface area contributed by atoms with Crippen molar-refractivity contribution in [3.8, 4) is 0 Å². The summed E-state index contributed by atoms with van der Waals surface area (Å²) in [7, 11) is 0. The standard InChI is InChI=1S/C10H8Cl2N2O2/c11-10(12)2-1-8(4-13-6-15)9(3-10)5-14-7-16/h1-2H,3-5H2. The molecule has 0 saturated heterocycles. The maximum atomic E-state index is 10.0. The third-order valence-electron chi connectivity index (χ3n) is 2.08. The Morgan fingerprint density at radius 1 is 1.25 bits per heavy atom. The number of hydrogen-bond acceptors (Lipinski definition) is 4. The lowest BCUT2D eigenvalue weighted by molar-refractivity contribution is 0.562. The summed E-state index contributed by atoms with van der Waals surface area (Å²) >= 11 is 11.9. The molecule has 16 heavy (non-hydrogen) atoms. The SMILES string of the molecule is O=C=NCC1=C(CN=C=O)CC(Cl)(Cl)C=C1. The minimum Gasteiger partial charge on any atom is -0.211 e. The molecule has 0 heterocycles. The van der Waals surface area contributed by atoms with Crippen LogP contribution in [0.4, 0.5) is 0 Å². The molecule has 0 spiro atoms. The molecule has 0 aliphatic heterocycles. The van der Waals surface area contributed by atoms with Gasteiger partial charge in [0, 0.05) is 6.42 Å². The normalized spacial score (nSPS) is 17.6. The van der Waals surface area contributed by atoms with Crippen molar-refractivity contribution in [2.75, 3.05) is 13.1 Å². The van der Waals surface area contributed by atoms with E-state index in [-0.39, 0.29) is 13.1 Å². The molecule has 0 aromatic rings. The highest BCUT2D eigenvalue weighted by atomic mass is 35.5. The Hall–Kier alpha value is -1.18. The summed E-state index contributed by atoms with van der Waals surface area (Å²) in [5, 5.41) is 0. The molecule has 6 heteroatoms. The van der Waals surface area contributed by atoms with E-state index in [0.29, 0.717) is 6.42 Å². The van der Waals surface area contributed by atoms with Gasteiger partial charge in [-0.25, -0.2) is 19.6 Å². The summed E-state index contributed by atoms with van der Waals surface area (Å²) in [6.07, 6.45) is 6.53. The van der Waals surface area contributed by atoms with E-state index < -0.39 is 4.33 Å². The number of hydrogen-bond donors (Lipinski definition) is 0. The fraction of sp³-hybridized carbons (Fsp3) is 0.400. The summed E-state index contributed by atoms with van der Waals surface area (Å²) in [5.74, 6) is 0. The average molecular weight is 259 g/mol. The smallest absolute Gasteiger partial charge is 0.211 e. The molecule has 0 unspecified atom stereocenters. The van der Waals surface area contributed by atoms with Crippen molar-refractivity contribution in [2.45, 2.75) is 10.8 Å². The van der Waals surface area contributed by atoms with Crippen molar-refractivity contribution in [1.29, 1.82) is 0 Å². The molecule has 1 aliphatic rings. The van der Waals surface area contributed by atoms with Gasteiger partial charge >= 0.3 is 0 Å². The molecule has 0 amide bonds. The second-order valence-electron chi connectivity index (χ2n) is 3.21. The summed E-state index contributed by atoms with van der Waals surface area (Å²) in [5.41, 5.74) is 1.55. The van der Waals surface area contributed by atoms with Crippen molar-refractivity contribution < 1.29 is 9.59 Å². The number of alkyl halides is 2. The minimum atomic E-state index is -0.998. The summed E-state index contributed by atoms with van der Waals surface area (Å²) in [6, 6.07) is 0. The van der Waals surface area contributed by atoms with Crippen molar-refractivity contribution in [3.63, 3.8) is 0 Å². The maximum Gasteiger partial charge on any atom is 0.235 e. The largest absolute Gasteiger partial charge is 0.235 e. The first-order valence-electron chi connectivity index (χ1n) is 4.44. The Morgan fingerprint density at radius 3 is 2.50 bits per heavy atom. The molecule has 0 bridgehead atoms. The van der Waals surface area contributed by atoms with E-state index in [4.69, 9.17) is 23.2 Å². The summed E-state index contributed by atoms with van der Waals surface area (Å²) < 4.78 is -0.998. The number of isocyanates is 2. The van der Waals surface area contributed by atoms with Crippen LogP contribution in [-0.4, -0.2) is 29.6 Å². The molecule has 1 aliphatic carbocycles. The molecule has 0 saturated carbocycles. The monoisotopic (exact) mass is 258 g/mol. The van der Waals surface area contributed by atoms with E-state index in [0.717, 1.165) is 11.1 Å². The summed E-state index contributed by atoms with van der Waals surface area (Å²) in [6.45, 7) is 0.353. The first-order valence-corrected chi connectivity index (χ1v) is 5.20. The predicted octanol–water partition coefficient (Wildman–Crippen LogP) is 2.09. The van der Waals surface area contributed by atoms with Gasteiger partial charge < -0.3 is 0 Å². The molecule has 4 nitrogen and oxygen atoms in total. The number of allylic oxidation sites excluding steroid dienone is 1. The van der Waals surface area contributed by atoms with Crippen LogP contribution in [0.2, 0.25) is 0 Å². The number of nitrogens with zero attached hydrogens (tertiary/aromatic N) is 2. The Kier molecular flexibility index (Phi) is 4.66. The van der Waals surface area contributed by atoms with E-state index in [1.54, 1.807) is 12.2 Å². The molecule has 84 valence electrons. The second-order valence-corrected chi connectivity index (χ2v) is 4.76. The Labute approximate surface area is 102 Å². The third-order valence-corrected chi connectivity index (χ3v) is 2.60. The van der Waals surface area contributed by atoms with E-state index in [2.05, 4.69) is 9.98 Å². The molecule has 0 atom stereocenters. The summed E-state index contributed by atoms with van der Waals surface area (Å²) in [4.78, 5) is 27.0. The molecule has 0 aromatic heterocycles. The van der Waals surface area contributed by atoms with Gasteiger partial charge in [-0.15, -0.1) is 0 Å². The first kappa shape index (κ1) is 12.9. The molecular formula is C10H8Cl2N2O2. The Bertz CT molecular complexity index is 428. The molecule has 0 fully saturated rings. The van der Waals surface area contributed by atoms with Gasteiger partial charge in [0.2, 0.25) is 12.2 Å². The van der Waals surface area contributed by atoms with Gasteiger partial charge in [0.05, 0.1) is 13.1 Å². The second kappa shape index (κ2) is 5.78. The van der Waals surface area contributed by atoms with Gasteiger partial charge in [0.1, 0.15) is 4.33 Å². The zero-order valence-corrected chi connectivity index (χ0v) is 9.75. The van der Waals surface area contributed by atoms with Crippen molar-refractivity contribution in [3.05, 3.63) is 23.3 Å². The van der Waals surface area contributed by atoms with Crippen LogP contribution in [0.3, 0.4) is 0 Å². The molecule has 1 rings (SSSR count). The highest BCUT2D eigenvalue weighted by molar-refractivity contribution is 6.50. The fourth-order valence-corrected chi connectivity index (χ4v) is 1.81. The molecule has 0 N–H and O–H groups in total. The van der Waals surface area contributed by atoms with Crippen LogP contribution in [0.25, 0.3) is 0 Å².